The number of aryl methyl sites for hydroxylation is 1. The van der Waals surface area contributed by atoms with Crippen LogP contribution in [0.4, 0.5) is 0 Å². The summed E-state index contributed by atoms with van der Waals surface area (Å²) in [4.78, 5) is 27.9. The SMILES string of the molecule is Cc1nn(CC(=O)NCCNC(=O)c2nc(C3CC3)no2)c(C)c1I. The van der Waals surface area contributed by atoms with Gasteiger partial charge in [-0.05, 0) is 49.3 Å². The Morgan fingerprint density at radius 1 is 1.28 bits per heavy atom. The van der Waals surface area contributed by atoms with E-state index in [9.17, 15) is 9.59 Å². The van der Waals surface area contributed by atoms with Crippen LogP contribution < -0.4 is 10.6 Å². The second kappa shape index (κ2) is 7.50. The molecule has 0 radical (unpaired) electrons. The van der Waals surface area contributed by atoms with E-state index in [2.05, 4.69) is 48.5 Å². The summed E-state index contributed by atoms with van der Waals surface area (Å²) in [6, 6.07) is 0. The van der Waals surface area contributed by atoms with Crippen LogP contribution in [-0.4, -0.2) is 44.8 Å². The lowest BCUT2D eigenvalue weighted by Gasteiger charge is -2.07. The van der Waals surface area contributed by atoms with Gasteiger partial charge in [-0.1, -0.05) is 5.16 Å². The van der Waals surface area contributed by atoms with Crippen LogP contribution in [0.25, 0.3) is 0 Å². The molecule has 0 unspecified atom stereocenters. The Balaban J connectivity index is 1.39. The van der Waals surface area contributed by atoms with Crippen LogP contribution >= 0.6 is 22.6 Å². The molecule has 25 heavy (non-hydrogen) atoms. The highest BCUT2D eigenvalue weighted by molar-refractivity contribution is 14.1. The molecule has 0 spiro atoms. The van der Waals surface area contributed by atoms with Gasteiger partial charge < -0.3 is 15.2 Å². The molecular formula is C15H19IN6O3. The normalized spacial score (nSPS) is 13.7. The van der Waals surface area contributed by atoms with Crippen LogP contribution in [0.3, 0.4) is 0 Å². The minimum Gasteiger partial charge on any atom is -0.353 e. The highest BCUT2D eigenvalue weighted by Gasteiger charge is 2.29. The second-order valence-corrected chi connectivity index (χ2v) is 7.06. The number of nitrogens with zero attached hydrogens (tertiary/aromatic N) is 4. The quantitative estimate of drug-likeness (QED) is 0.471. The summed E-state index contributed by atoms with van der Waals surface area (Å²) >= 11 is 2.21. The van der Waals surface area contributed by atoms with E-state index in [4.69, 9.17) is 4.52 Å². The molecule has 0 aliphatic heterocycles. The summed E-state index contributed by atoms with van der Waals surface area (Å²) in [5, 5.41) is 13.5. The molecule has 2 amide bonds. The number of aromatic nitrogens is 4. The summed E-state index contributed by atoms with van der Waals surface area (Å²) in [5.74, 6) is 0.303. The maximum absolute atomic E-state index is 12.0. The molecule has 1 aliphatic carbocycles. The van der Waals surface area contributed by atoms with Crippen molar-refractivity contribution in [1.82, 2.24) is 30.6 Å². The maximum atomic E-state index is 12.0. The molecule has 134 valence electrons. The van der Waals surface area contributed by atoms with Gasteiger partial charge in [0.1, 0.15) is 6.54 Å². The molecule has 10 heteroatoms. The van der Waals surface area contributed by atoms with Gasteiger partial charge >= 0.3 is 11.8 Å². The summed E-state index contributed by atoms with van der Waals surface area (Å²) in [6.07, 6.45) is 2.09. The van der Waals surface area contributed by atoms with Gasteiger partial charge in [0, 0.05) is 24.7 Å². The summed E-state index contributed by atoms with van der Waals surface area (Å²) in [5.41, 5.74) is 1.87. The third kappa shape index (κ3) is 4.35. The second-order valence-electron chi connectivity index (χ2n) is 5.98. The van der Waals surface area contributed by atoms with Gasteiger partial charge in [-0.25, -0.2) is 0 Å². The van der Waals surface area contributed by atoms with E-state index in [0.717, 1.165) is 27.8 Å². The van der Waals surface area contributed by atoms with Crippen LogP contribution in [-0.2, 0) is 11.3 Å². The molecule has 1 aliphatic rings. The van der Waals surface area contributed by atoms with Gasteiger partial charge in [0.05, 0.1) is 9.26 Å². The lowest BCUT2D eigenvalue weighted by atomic mass is 10.4. The molecular weight excluding hydrogens is 439 g/mol. The van der Waals surface area contributed by atoms with E-state index < -0.39 is 5.91 Å². The number of nitrogens with one attached hydrogen (secondary N) is 2. The lowest BCUT2D eigenvalue weighted by molar-refractivity contribution is -0.121. The van der Waals surface area contributed by atoms with E-state index in [1.807, 2.05) is 13.8 Å². The van der Waals surface area contributed by atoms with Crippen molar-refractivity contribution in [3.63, 3.8) is 0 Å². The largest absolute Gasteiger partial charge is 0.353 e. The highest BCUT2D eigenvalue weighted by atomic mass is 127. The Morgan fingerprint density at radius 2 is 2.00 bits per heavy atom. The van der Waals surface area contributed by atoms with E-state index in [1.54, 1.807) is 4.68 Å². The zero-order valence-corrected chi connectivity index (χ0v) is 16.2. The van der Waals surface area contributed by atoms with Crippen LogP contribution in [0.2, 0.25) is 0 Å². The minimum atomic E-state index is -0.429. The summed E-state index contributed by atoms with van der Waals surface area (Å²) < 4.78 is 7.67. The highest BCUT2D eigenvalue weighted by Crippen LogP contribution is 2.38. The minimum absolute atomic E-state index is 0.0366. The fourth-order valence-corrected chi connectivity index (χ4v) is 2.70. The fraction of sp³-hybridized carbons (Fsp3) is 0.533. The van der Waals surface area contributed by atoms with Gasteiger partial charge in [-0.15, -0.1) is 0 Å². The van der Waals surface area contributed by atoms with E-state index in [-0.39, 0.29) is 24.9 Å². The van der Waals surface area contributed by atoms with Crippen LogP contribution in [0.1, 0.15) is 46.7 Å². The smallest absolute Gasteiger partial charge is 0.315 e. The van der Waals surface area contributed by atoms with Crippen molar-refractivity contribution in [1.29, 1.82) is 0 Å². The maximum Gasteiger partial charge on any atom is 0.315 e. The third-order valence-corrected chi connectivity index (χ3v) is 5.46. The van der Waals surface area contributed by atoms with Crippen LogP contribution in [0, 0.1) is 17.4 Å². The molecule has 0 atom stereocenters. The number of rotatable bonds is 7. The molecule has 2 N–H and O–H groups in total. The molecule has 3 rings (SSSR count). The van der Waals surface area contributed by atoms with Gasteiger partial charge in [-0.3, -0.25) is 14.3 Å². The first-order chi connectivity index (χ1) is 12.0. The molecule has 2 aromatic rings. The predicted octanol–water partition coefficient (Wildman–Crippen LogP) is 0.911. The Morgan fingerprint density at radius 3 is 2.64 bits per heavy atom. The van der Waals surface area contributed by atoms with E-state index in [1.165, 1.54) is 0 Å². The summed E-state index contributed by atoms with van der Waals surface area (Å²) in [6.45, 7) is 4.57. The molecule has 0 bridgehead atoms. The Hall–Kier alpha value is -1.98. The zero-order valence-electron chi connectivity index (χ0n) is 14.0. The standard InChI is InChI=1S/C15H19IN6O3/c1-8-12(16)9(2)22(20-8)7-11(23)17-5-6-18-14(24)15-19-13(21-25-15)10-3-4-10/h10H,3-7H2,1-2H3,(H,17,23)(H,18,24). The predicted molar refractivity (Wildman–Crippen MR) is 96.0 cm³/mol. The molecule has 2 aromatic heterocycles. The number of carbonyl (C=O) groups excluding carboxylic acids is 2. The number of carbonyl (C=O) groups is 2. The Bertz CT molecular complexity index is 795. The van der Waals surface area contributed by atoms with Crippen molar-refractivity contribution in [2.75, 3.05) is 13.1 Å². The Kier molecular flexibility index (Phi) is 5.35. The van der Waals surface area contributed by atoms with E-state index >= 15 is 0 Å². The summed E-state index contributed by atoms with van der Waals surface area (Å²) in [7, 11) is 0. The first kappa shape index (κ1) is 17.8. The third-order valence-electron chi connectivity index (χ3n) is 3.90. The number of hydrogen-bond donors (Lipinski definition) is 2. The van der Waals surface area contributed by atoms with Crippen molar-refractivity contribution in [3.8, 4) is 0 Å². The first-order valence-electron chi connectivity index (χ1n) is 8.03. The van der Waals surface area contributed by atoms with Gasteiger partial charge in [-0.2, -0.15) is 10.1 Å². The van der Waals surface area contributed by atoms with E-state index in [0.29, 0.717) is 18.3 Å². The molecule has 1 fully saturated rings. The van der Waals surface area contributed by atoms with Crippen molar-refractivity contribution in [3.05, 3.63) is 26.7 Å². The van der Waals surface area contributed by atoms with Crippen LogP contribution in [0.15, 0.2) is 4.52 Å². The molecule has 0 saturated heterocycles. The average molecular weight is 458 g/mol. The van der Waals surface area contributed by atoms with Gasteiger partial charge in [0.15, 0.2) is 5.82 Å². The fourth-order valence-electron chi connectivity index (χ4n) is 2.31. The zero-order chi connectivity index (χ0) is 18.0. The topological polar surface area (TPSA) is 115 Å². The van der Waals surface area contributed by atoms with Crippen molar-refractivity contribution in [2.45, 2.75) is 39.2 Å². The van der Waals surface area contributed by atoms with Gasteiger partial charge in [0.2, 0.25) is 5.91 Å². The van der Waals surface area contributed by atoms with Crippen molar-refractivity contribution in [2.24, 2.45) is 0 Å². The molecule has 0 aromatic carbocycles. The average Bonchev–Trinajstić information content (AvgIpc) is 3.27. The van der Waals surface area contributed by atoms with Crippen molar-refractivity contribution >= 4 is 34.4 Å². The Labute approximate surface area is 158 Å². The first-order valence-corrected chi connectivity index (χ1v) is 9.11. The molecule has 1 saturated carbocycles. The number of amides is 2. The molecule has 9 nitrogen and oxygen atoms in total. The van der Waals surface area contributed by atoms with Gasteiger partial charge in [0.25, 0.3) is 0 Å². The van der Waals surface area contributed by atoms with Crippen molar-refractivity contribution < 1.29 is 14.1 Å². The molecule has 2 heterocycles. The monoisotopic (exact) mass is 458 g/mol. The lowest BCUT2D eigenvalue weighted by Crippen LogP contribution is -2.36. The van der Waals surface area contributed by atoms with Crippen LogP contribution in [0.5, 0.6) is 0 Å². The number of halogens is 1. The number of hydrogen-bond acceptors (Lipinski definition) is 6.